The fourth-order valence-electron chi connectivity index (χ4n) is 0.984. The molecule has 0 fully saturated rings. The third-order valence-electron chi connectivity index (χ3n) is 1.64. The van der Waals surface area contributed by atoms with Gasteiger partial charge in [0, 0.05) is 11.6 Å². The van der Waals surface area contributed by atoms with Gasteiger partial charge in [-0.15, -0.1) is 4.91 Å². The molecule has 0 aliphatic rings. The van der Waals surface area contributed by atoms with Gasteiger partial charge in [-0.05, 0) is 18.2 Å². The Hall–Kier alpha value is -1.98. The second-order valence-electron chi connectivity index (χ2n) is 2.55. The summed E-state index contributed by atoms with van der Waals surface area (Å²) in [4.78, 5) is 20.0. The summed E-state index contributed by atoms with van der Waals surface area (Å²) >= 11 is 0. The topological polar surface area (TPSA) is 98.6 Å². The number of nitrogen functional groups attached to an aromatic ring is 1. The highest BCUT2D eigenvalue weighted by atomic mass is 16.6. The summed E-state index contributed by atoms with van der Waals surface area (Å²) in [5.41, 5.74) is 5.70. The van der Waals surface area contributed by atoms with Crippen molar-refractivity contribution in [2.45, 2.75) is 6.92 Å². The average Bonchev–Trinajstić information content (AvgIpc) is 2.03. The second-order valence-corrected chi connectivity index (χ2v) is 2.55. The van der Waals surface area contributed by atoms with Gasteiger partial charge >= 0.3 is 0 Å². The number of nitrogens with zero attached hydrogens (tertiary/aromatic N) is 2. The molecular weight excluding hydrogens is 174 g/mol. The van der Waals surface area contributed by atoms with Crippen LogP contribution in [0.25, 0.3) is 0 Å². The van der Waals surface area contributed by atoms with Crippen LogP contribution in [0.1, 0.15) is 5.56 Å². The molecule has 68 valence electrons. The molecule has 0 spiro atoms. The highest BCUT2D eigenvalue weighted by Crippen LogP contribution is 2.30. The highest BCUT2D eigenvalue weighted by molar-refractivity contribution is 5.68. The molecule has 1 aromatic carbocycles. The van der Waals surface area contributed by atoms with Gasteiger partial charge in [-0.1, -0.05) is 0 Å². The van der Waals surface area contributed by atoms with E-state index in [1.54, 1.807) is 6.92 Å². The maximum atomic E-state index is 10.4. The minimum Gasteiger partial charge on any atom is -0.397 e. The molecule has 6 heteroatoms. The van der Waals surface area contributed by atoms with E-state index in [1.807, 2.05) is 0 Å². The molecule has 0 aromatic heterocycles. The first kappa shape index (κ1) is 9.11. The molecule has 0 heterocycles. The first-order valence-electron chi connectivity index (χ1n) is 3.44. The smallest absolute Gasteiger partial charge is 0.274 e. The van der Waals surface area contributed by atoms with Crippen LogP contribution < -0.4 is 5.73 Å². The van der Waals surface area contributed by atoms with Crippen molar-refractivity contribution in [2.75, 3.05) is 5.73 Å². The van der Waals surface area contributed by atoms with Crippen molar-refractivity contribution < 1.29 is 4.92 Å². The first-order chi connectivity index (χ1) is 6.06. The van der Waals surface area contributed by atoms with E-state index in [0.717, 1.165) is 6.07 Å². The molecule has 0 radical (unpaired) electrons. The van der Waals surface area contributed by atoms with Crippen molar-refractivity contribution in [3.63, 3.8) is 0 Å². The SMILES string of the molecule is Cc1cc(N)c(N=O)cc1[N+](=O)[O-]. The molecule has 0 unspecified atom stereocenters. The van der Waals surface area contributed by atoms with Crippen LogP contribution in [0.15, 0.2) is 17.3 Å². The van der Waals surface area contributed by atoms with E-state index in [0.29, 0.717) is 5.56 Å². The Morgan fingerprint density at radius 1 is 1.54 bits per heavy atom. The normalized spacial score (nSPS) is 9.62. The lowest BCUT2D eigenvalue weighted by atomic mass is 10.1. The largest absolute Gasteiger partial charge is 0.397 e. The highest BCUT2D eigenvalue weighted by Gasteiger charge is 2.13. The third kappa shape index (κ3) is 1.61. The monoisotopic (exact) mass is 181 g/mol. The minimum absolute atomic E-state index is 0.0997. The molecule has 0 saturated carbocycles. The van der Waals surface area contributed by atoms with Crippen LogP contribution in [0, 0.1) is 21.9 Å². The van der Waals surface area contributed by atoms with Crippen LogP contribution in [0.5, 0.6) is 0 Å². The minimum atomic E-state index is -0.580. The van der Waals surface area contributed by atoms with Crippen LogP contribution in [0.2, 0.25) is 0 Å². The summed E-state index contributed by atoms with van der Waals surface area (Å²) in [5.74, 6) is 0. The predicted octanol–water partition coefficient (Wildman–Crippen LogP) is 1.88. The lowest BCUT2D eigenvalue weighted by molar-refractivity contribution is -0.385. The van der Waals surface area contributed by atoms with Gasteiger partial charge in [0.15, 0.2) is 0 Å². The Balaban J connectivity index is 3.38. The summed E-state index contributed by atoms with van der Waals surface area (Å²) in [7, 11) is 0. The average molecular weight is 181 g/mol. The molecule has 1 aromatic rings. The van der Waals surface area contributed by atoms with Crippen LogP contribution in [0.4, 0.5) is 17.1 Å². The van der Waals surface area contributed by atoms with Crippen LogP contribution >= 0.6 is 0 Å². The quantitative estimate of drug-likeness (QED) is 0.326. The predicted molar refractivity (Wildman–Crippen MR) is 47.7 cm³/mol. The number of aryl methyl sites for hydroxylation is 1. The molecule has 13 heavy (non-hydrogen) atoms. The van der Waals surface area contributed by atoms with E-state index < -0.39 is 4.92 Å². The summed E-state index contributed by atoms with van der Waals surface area (Å²) < 4.78 is 0. The zero-order chi connectivity index (χ0) is 10.0. The number of benzene rings is 1. The van der Waals surface area contributed by atoms with Gasteiger partial charge in [0.1, 0.15) is 5.69 Å². The Labute approximate surface area is 73.5 Å². The Morgan fingerprint density at radius 2 is 2.15 bits per heavy atom. The number of hydrogen-bond donors (Lipinski definition) is 1. The van der Waals surface area contributed by atoms with Crippen molar-refractivity contribution in [2.24, 2.45) is 5.18 Å². The van der Waals surface area contributed by atoms with E-state index in [9.17, 15) is 15.0 Å². The van der Waals surface area contributed by atoms with Crippen molar-refractivity contribution in [1.82, 2.24) is 0 Å². The van der Waals surface area contributed by atoms with E-state index >= 15 is 0 Å². The Kier molecular flexibility index (Phi) is 2.23. The van der Waals surface area contributed by atoms with Gasteiger partial charge in [0.05, 0.1) is 10.6 Å². The number of rotatable bonds is 2. The molecule has 2 N–H and O–H groups in total. The van der Waals surface area contributed by atoms with Crippen LogP contribution in [-0.4, -0.2) is 4.92 Å². The van der Waals surface area contributed by atoms with Gasteiger partial charge < -0.3 is 5.73 Å². The molecule has 0 bridgehead atoms. The molecule has 0 atom stereocenters. The third-order valence-corrected chi connectivity index (χ3v) is 1.64. The van der Waals surface area contributed by atoms with Gasteiger partial charge in [-0.2, -0.15) is 0 Å². The number of hydrogen-bond acceptors (Lipinski definition) is 5. The van der Waals surface area contributed by atoms with E-state index in [2.05, 4.69) is 5.18 Å². The summed E-state index contributed by atoms with van der Waals surface area (Å²) in [6.45, 7) is 1.54. The van der Waals surface area contributed by atoms with E-state index in [1.165, 1.54) is 6.07 Å². The summed E-state index contributed by atoms with van der Waals surface area (Å²) in [6, 6.07) is 2.42. The maximum absolute atomic E-state index is 10.4. The zero-order valence-electron chi connectivity index (χ0n) is 6.85. The van der Waals surface area contributed by atoms with Crippen molar-refractivity contribution in [3.8, 4) is 0 Å². The molecule has 0 amide bonds. The van der Waals surface area contributed by atoms with E-state index in [-0.39, 0.29) is 17.1 Å². The lowest BCUT2D eigenvalue weighted by Gasteiger charge is -2.00. The number of nitrogens with two attached hydrogens (primary N) is 1. The fourth-order valence-corrected chi connectivity index (χ4v) is 0.984. The van der Waals surface area contributed by atoms with E-state index in [4.69, 9.17) is 5.73 Å². The molecule has 0 aliphatic carbocycles. The lowest BCUT2D eigenvalue weighted by Crippen LogP contribution is -1.94. The maximum Gasteiger partial charge on any atom is 0.274 e. The molecular formula is C7H7N3O3. The van der Waals surface area contributed by atoms with Crippen molar-refractivity contribution in [3.05, 3.63) is 32.7 Å². The molecule has 6 nitrogen and oxygen atoms in total. The fraction of sp³-hybridized carbons (Fsp3) is 0.143. The van der Waals surface area contributed by atoms with Gasteiger partial charge in [-0.25, -0.2) is 0 Å². The van der Waals surface area contributed by atoms with Crippen LogP contribution in [-0.2, 0) is 0 Å². The zero-order valence-corrected chi connectivity index (χ0v) is 6.85. The number of nitroso groups, excluding NO2 is 1. The van der Waals surface area contributed by atoms with Gasteiger partial charge in [-0.3, -0.25) is 10.1 Å². The van der Waals surface area contributed by atoms with Crippen molar-refractivity contribution >= 4 is 17.1 Å². The Bertz CT molecular complexity index is 375. The van der Waals surface area contributed by atoms with Gasteiger partial charge in [0.2, 0.25) is 0 Å². The molecule has 1 rings (SSSR count). The first-order valence-corrected chi connectivity index (χ1v) is 3.44. The summed E-state index contributed by atoms with van der Waals surface area (Å²) in [5, 5.41) is 13.0. The standard InChI is InChI=1S/C7H7N3O3/c1-4-2-5(8)6(9-11)3-7(4)10(12)13/h2-3H,8H2,1H3. The Morgan fingerprint density at radius 3 is 2.62 bits per heavy atom. The molecule has 0 aliphatic heterocycles. The summed E-state index contributed by atoms with van der Waals surface area (Å²) in [6.07, 6.45) is 0. The van der Waals surface area contributed by atoms with Gasteiger partial charge in [0.25, 0.3) is 5.69 Å². The molecule has 0 saturated heterocycles. The van der Waals surface area contributed by atoms with Crippen LogP contribution in [0.3, 0.4) is 0 Å². The number of nitro benzene ring substituents is 1. The number of nitro groups is 1. The second kappa shape index (κ2) is 3.18. The van der Waals surface area contributed by atoms with Crippen molar-refractivity contribution in [1.29, 1.82) is 0 Å². The number of anilines is 1.